The molecule has 0 radical (unpaired) electrons. The second-order valence-electron chi connectivity index (χ2n) is 5.15. The lowest BCUT2D eigenvalue weighted by Crippen LogP contribution is -2.36. The first-order valence-electron chi connectivity index (χ1n) is 7.29. The Morgan fingerprint density at radius 3 is 2.64 bits per heavy atom. The Bertz CT molecular complexity index is 670. The SMILES string of the molecule is Cc1ncsc1C=CC(=O)c1ccc(N2CCOCC2)cc1. The van der Waals surface area contributed by atoms with Crippen molar-refractivity contribution in [2.45, 2.75) is 6.92 Å². The highest BCUT2D eigenvalue weighted by atomic mass is 32.1. The zero-order valence-corrected chi connectivity index (χ0v) is 13.3. The average molecular weight is 314 g/mol. The number of hydrogen-bond acceptors (Lipinski definition) is 5. The van der Waals surface area contributed by atoms with E-state index < -0.39 is 0 Å². The third kappa shape index (κ3) is 3.43. The monoisotopic (exact) mass is 314 g/mol. The molecule has 1 saturated heterocycles. The van der Waals surface area contributed by atoms with Crippen molar-refractivity contribution in [3.63, 3.8) is 0 Å². The van der Waals surface area contributed by atoms with Gasteiger partial charge in [0, 0.05) is 29.2 Å². The molecule has 4 nitrogen and oxygen atoms in total. The molecule has 0 spiro atoms. The quantitative estimate of drug-likeness (QED) is 0.642. The van der Waals surface area contributed by atoms with Gasteiger partial charge in [-0.25, -0.2) is 4.98 Å². The van der Waals surface area contributed by atoms with Crippen molar-refractivity contribution in [3.8, 4) is 0 Å². The number of allylic oxidation sites excluding steroid dienone is 1. The Kier molecular flexibility index (Phi) is 4.65. The van der Waals surface area contributed by atoms with Crippen LogP contribution in [0.25, 0.3) is 6.08 Å². The summed E-state index contributed by atoms with van der Waals surface area (Å²) in [7, 11) is 0. The zero-order chi connectivity index (χ0) is 15.4. The summed E-state index contributed by atoms with van der Waals surface area (Å²) >= 11 is 1.54. The van der Waals surface area contributed by atoms with Gasteiger partial charge in [-0.1, -0.05) is 0 Å². The normalized spacial score (nSPS) is 15.4. The summed E-state index contributed by atoms with van der Waals surface area (Å²) in [5, 5.41) is 0. The van der Waals surface area contributed by atoms with Gasteiger partial charge in [-0.3, -0.25) is 4.79 Å². The molecular weight excluding hydrogens is 296 g/mol. The number of morpholine rings is 1. The molecule has 1 fully saturated rings. The lowest BCUT2D eigenvalue weighted by molar-refractivity contribution is 0.104. The number of ether oxygens (including phenoxy) is 1. The Hall–Kier alpha value is -1.98. The summed E-state index contributed by atoms with van der Waals surface area (Å²) in [5.41, 5.74) is 4.59. The second kappa shape index (κ2) is 6.85. The van der Waals surface area contributed by atoms with Gasteiger partial charge in [0.15, 0.2) is 5.78 Å². The first-order chi connectivity index (χ1) is 10.7. The maximum Gasteiger partial charge on any atom is 0.185 e. The predicted octanol–water partition coefficient (Wildman–Crippen LogP) is 3.18. The van der Waals surface area contributed by atoms with Crippen LogP contribution >= 0.6 is 11.3 Å². The predicted molar refractivity (Wildman–Crippen MR) is 89.7 cm³/mol. The summed E-state index contributed by atoms with van der Waals surface area (Å²) in [6, 6.07) is 7.78. The molecule has 0 unspecified atom stereocenters. The van der Waals surface area contributed by atoms with Crippen LogP contribution in [0.1, 0.15) is 20.9 Å². The minimum Gasteiger partial charge on any atom is -0.378 e. The van der Waals surface area contributed by atoms with Crippen molar-refractivity contribution < 1.29 is 9.53 Å². The van der Waals surface area contributed by atoms with Gasteiger partial charge in [0.2, 0.25) is 0 Å². The number of ketones is 1. The number of thiazole rings is 1. The maximum absolute atomic E-state index is 12.2. The molecule has 0 saturated carbocycles. The smallest absolute Gasteiger partial charge is 0.185 e. The average Bonchev–Trinajstić information content (AvgIpc) is 2.99. The van der Waals surface area contributed by atoms with E-state index in [0.29, 0.717) is 5.56 Å². The van der Waals surface area contributed by atoms with Crippen LogP contribution in [0.4, 0.5) is 5.69 Å². The molecule has 0 amide bonds. The van der Waals surface area contributed by atoms with Crippen LogP contribution in [0, 0.1) is 6.92 Å². The van der Waals surface area contributed by atoms with Crippen LogP contribution in [0.5, 0.6) is 0 Å². The van der Waals surface area contributed by atoms with Gasteiger partial charge >= 0.3 is 0 Å². The van der Waals surface area contributed by atoms with Crippen molar-refractivity contribution in [2.24, 2.45) is 0 Å². The van der Waals surface area contributed by atoms with Crippen LogP contribution < -0.4 is 4.90 Å². The number of benzene rings is 1. The molecule has 1 aliphatic rings. The minimum atomic E-state index is 0.0151. The molecule has 1 aromatic carbocycles. The Balaban J connectivity index is 1.68. The Morgan fingerprint density at radius 2 is 2.00 bits per heavy atom. The molecule has 3 rings (SSSR count). The third-order valence-electron chi connectivity index (χ3n) is 3.70. The van der Waals surface area contributed by atoms with Gasteiger partial charge in [0.1, 0.15) is 0 Å². The molecule has 1 aromatic heterocycles. The van der Waals surface area contributed by atoms with Crippen LogP contribution in [-0.4, -0.2) is 37.1 Å². The lowest BCUT2D eigenvalue weighted by Gasteiger charge is -2.28. The molecule has 0 aliphatic carbocycles. The van der Waals surface area contributed by atoms with E-state index >= 15 is 0 Å². The number of aryl methyl sites for hydroxylation is 1. The van der Waals surface area contributed by atoms with E-state index in [2.05, 4.69) is 9.88 Å². The number of aromatic nitrogens is 1. The van der Waals surface area contributed by atoms with Gasteiger partial charge in [-0.15, -0.1) is 11.3 Å². The summed E-state index contributed by atoms with van der Waals surface area (Å²) in [5.74, 6) is 0.0151. The van der Waals surface area contributed by atoms with Gasteiger partial charge in [-0.05, 0) is 43.3 Å². The van der Waals surface area contributed by atoms with E-state index in [-0.39, 0.29) is 5.78 Å². The molecule has 2 heterocycles. The molecule has 22 heavy (non-hydrogen) atoms. The maximum atomic E-state index is 12.2. The van der Waals surface area contributed by atoms with E-state index in [4.69, 9.17) is 4.74 Å². The van der Waals surface area contributed by atoms with Gasteiger partial charge in [0.25, 0.3) is 0 Å². The highest BCUT2D eigenvalue weighted by molar-refractivity contribution is 7.10. The lowest BCUT2D eigenvalue weighted by atomic mass is 10.1. The van der Waals surface area contributed by atoms with E-state index in [1.165, 1.54) is 11.3 Å². The minimum absolute atomic E-state index is 0.0151. The number of carbonyl (C=O) groups is 1. The van der Waals surface area contributed by atoms with Crippen molar-refractivity contribution in [3.05, 3.63) is 52.0 Å². The number of carbonyl (C=O) groups excluding carboxylic acids is 1. The molecule has 5 heteroatoms. The highest BCUT2D eigenvalue weighted by Gasteiger charge is 2.11. The van der Waals surface area contributed by atoms with Crippen molar-refractivity contribution in [1.29, 1.82) is 0 Å². The molecule has 0 N–H and O–H groups in total. The number of rotatable bonds is 4. The summed E-state index contributed by atoms with van der Waals surface area (Å²) in [6.45, 7) is 5.27. The molecule has 0 atom stereocenters. The van der Waals surface area contributed by atoms with Crippen LogP contribution in [0.3, 0.4) is 0 Å². The molecule has 1 aliphatic heterocycles. The summed E-state index contributed by atoms with van der Waals surface area (Å²) in [4.78, 5) is 19.7. The number of nitrogens with zero attached hydrogens (tertiary/aromatic N) is 2. The largest absolute Gasteiger partial charge is 0.378 e. The first kappa shape index (κ1) is 14.9. The fraction of sp³-hybridized carbons (Fsp3) is 0.294. The van der Waals surface area contributed by atoms with Crippen LogP contribution in [0.2, 0.25) is 0 Å². The molecule has 2 aromatic rings. The Labute approximate surface area is 134 Å². The highest BCUT2D eigenvalue weighted by Crippen LogP contribution is 2.18. The van der Waals surface area contributed by atoms with E-state index in [1.807, 2.05) is 37.3 Å². The molecular formula is C17H18N2O2S. The first-order valence-corrected chi connectivity index (χ1v) is 8.17. The van der Waals surface area contributed by atoms with Gasteiger partial charge < -0.3 is 9.64 Å². The third-order valence-corrected chi connectivity index (χ3v) is 4.59. The van der Waals surface area contributed by atoms with E-state index in [9.17, 15) is 4.79 Å². The van der Waals surface area contributed by atoms with Crippen LogP contribution in [0.15, 0.2) is 35.9 Å². The number of hydrogen-bond donors (Lipinski definition) is 0. The van der Waals surface area contributed by atoms with Gasteiger partial charge in [0.05, 0.1) is 24.4 Å². The zero-order valence-electron chi connectivity index (χ0n) is 12.5. The number of anilines is 1. The Morgan fingerprint density at radius 1 is 1.27 bits per heavy atom. The standard InChI is InChI=1S/C17H18N2O2S/c1-13-17(22-12-18-13)7-6-16(20)14-2-4-15(5-3-14)19-8-10-21-11-9-19/h2-7,12H,8-11H2,1H3. The second-order valence-corrected chi connectivity index (χ2v) is 6.03. The van der Waals surface area contributed by atoms with Gasteiger partial charge in [-0.2, -0.15) is 0 Å². The molecule has 0 bridgehead atoms. The summed E-state index contributed by atoms with van der Waals surface area (Å²) < 4.78 is 5.35. The topological polar surface area (TPSA) is 42.4 Å². The fourth-order valence-electron chi connectivity index (χ4n) is 2.38. The van der Waals surface area contributed by atoms with E-state index in [0.717, 1.165) is 42.6 Å². The summed E-state index contributed by atoms with van der Waals surface area (Å²) in [6.07, 6.45) is 3.45. The van der Waals surface area contributed by atoms with Crippen molar-refractivity contribution >= 4 is 28.9 Å². The van der Waals surface area contributed by atoms with Crippen LogP contribution in [-0.2, 0) is 4.74 Å². The van der Waals surface area contributed by atoms with E-state index in [1.54, 1.807) is 11.6 Å². The molecule has 114 valence electrons. The van der Waals surface area contributed by atoms with Crippen molar-refractivity contribution in [2.75, 3.05) is 31.2 Å². The van der Waals surface area contributed by atoms with Crippen molar-refractivity contribution in [1.82, 2.24) is 4.98 Å². The fourth-order valence-corrected chi connectivity index (χ4v) is 3.07.